The van der Waals surface area contributed by atoms with Crippen molar-refractivity contribution in [3.8, 4) is 16.6 Å². The van der Waals surface area contributed by atoms with E-state index in [1.807, 2.05) is 13.0 Å². The summed E-state index contributed by atoms with van der Waals surface area (Å²) in [5.74, 6) is -0.465. The molecule has 0 spiro atoms. The molecule has 2 aliphatic rings. The largest absolute Gasteiger partial charge is 0.436 e. The number of hydrogen-bond acceptors (Lipinski definition) is 7. The van der Waals surface area contributed by atoms with E-state index in [9.17, 15) is 14.5 Å². The first-order valence-electron chi connectivity index (χ1n) is 8.76. The molecule has 0 bridgehead atoms. The fraction of sp³-hybridized carbons (Fsp3) is 0.333. The maximum atomic E-state index is 13.5. The van der Waals surface area contributed by atoms with Crippen LogP contribution in [-0.4, -0.2) is 36.5 Å². The average Bonchev–Trinajstić information content (AvgIpc) is 3.32. The first-order valence-corrected chi connectivity index (χ1v) is 9.58. The number of aromatic nitrogens is 3. The monoisotopic (exact) mass is 401 g/mol. The SMILES string of the molecule is C[C@]1(CN2Cc3nc(-c4cccc(F)c4)sc3C2)Cn2cc([N+](=O)[O-])nc2O1. The summed E-state index contributed by atoms with van der Waals surface area (Å²) in [6.45, 7) is 4.59. The molecule has 0 N–H and O–H groups in total. The van der Waals surface area contributed by atoms with Gasteiger partial charge in [0.2, 0.25) is 0 Å². The maximum absolute atomic E-state index is 13.5. The fourth-order valence-electron chi connectivity index (χ4n) is 3.79. The molecule has 28 heavy (non-hydrogen) atoms. The Hall–Kier alpha value is -2.85. The fourth-order valence-corrected chi connectivity index (χ4v) is 4.90. The van der Waals surface area contributed by atoms with Gasteiger partial charge in [-0.15, -0.1) is 11.3 Å². The van der Waals surface area contributed by atoms with E-state index in [1.54, 1.807) is 22.0 Å². The molecular weight excluding hydrogens is 385 g/mol. The van der Waals surface area contributed by atoms with Crippen LogP contribution in [0.2, 0.25) is 0 Å². The van der Waals surface area contributed by atoms with Crippen molar-refractivity contribution in [2.24, 2.45) is 0 Å². The lowest BCUT2D eigenvalue weighted by molar-refractivity contribution is -0.389. The lowest BCUT2D eigenvalue weighted by atomic mass is 10.1. The Morgan fingerprint density at radius 1 is 1.39 bits per heavy atom. The number of fused-ring (bicyclic) bond motifs is 2. The van der Waals surface area contributed by atoms with Gasteiger partial charge in [-0.25, -0.2) is 9.37 Å². The third kappa shape index (κ3) is 2.94. The summed E-state index contributed by atoms with van der Waals surface area (Å²) in [6.07, 6.45) is 1.41. The normalized spacial score (nSPS) is 20.8. The van der Waals surface area contributed by atoms with Gasteiger partial charge >= 0.3 is 11.8 Å². The second kappa shape index (κ2) is 6.08. The number of nitrogens with zero attached hydrogens (tertiary/aromatic N) is 5. The number of benzene rings is 1. The van der Waals surface area contributed by atoms with Gasteiger partial charge in [-0.3, -0.25) is 9.47 Å². The second-order valence-electron chi connectivity index (χ2n) is 7.36. The number of ether oxygens (including phenoxy) is 1. The maximum Gasteiger partial charge on any atom is 0.415 e. The van der Waals surface area contributed by atoms with Gasteiger partial charge in [0.15, 0.2) is 0 Å². The van der Waals surface area contributed by atoms with E-state index in [2.05, 4.69) is 14.9 Å². The van der Waals surface area contributed by atoms with E-state index in [1.165, 1.54) is 23.2 Å². The highest BCUT2D eigenvalue weighted by Crippen LogP contribution is 2.37. The second-order valence-corrected chi connectivity index (χ2v) is 8.45. The molecular formula is C18H16FN5O3S. The standard InChI is InChI=1S/C18H16FN5O3S/c1-18(10-23-8-15(24(25)26)21-17(23)27-18)9-22-6-13-14(7-22)28-16(20-13)11-3-2-4-12(19)5-11/h2-5,8H,6-7,9-10H2,1H3/t18-/m0/s1. The lowest BCUT2D eigenvalue weighted by Crippen LogP contribution is -2.43. The summed E-state index contributed by atoms with van der Waals surface area (Å²) in [6, 6.07) is 6.77. The Morgan fingerprint density at radius 2 is 2.25 bits per heavy atom. The summed E-state index contributed by atoms with van der Waals surface area (Å²) in [5, 5.41) is 11.7. The zero-order valence-electron chi connectivity index (χ0n) is 15.0. The molecule has 8 nitrogen and oxygen atoms in total. The number of rotatable bonds is 4. The van der Waals surface area contributed by atoms with Crippen LogP contribution in [-0.2, 0) is 19.6 Å². The van der Waals surface area contributed by atoms with Crippen LogP contribution in [0.4, 0.5) is 10.2 Å². The minimum absolute atomic E-state index is 0.200. The van der Waals surface area contributed by atoms with E-state index in [-0.39, 0.29) is 17.6 Å². The predicted molar refractivity (Wildman–Crippen MR) is 99.5 cm³/mol. The molecule has 144 valence electrons. The molecule has 0 saturated heterocycles. The molecule has 0 amide bonds. The highest BCUT2D eigenvalue weighted by atomic mass is 32.1. The molecule has 2 aliphatic heterocycles. The van der Waals surface area contributed by atoms with Crippen molar-refractivity contribution in [2.45, 2.75) is 32.2 Å². The van der Waals surface area contributed by atoms with Crippen LogP contribution in [0.5, 0.6) is 6.01 Å². The lowest BCUT2D eigenvalue weighted by Gasteiger charge is -2.27. The third-order valence-corrected chi connectivity index (χ3v) is 6.04. The van der Waals surface area contributed by atoms with Gasteiger partial charge in [-0.05, 0) is 24.0 Å². The summed E-state index contributed by atoms with van der Waals surface area (Å²) in [7, 11) is 0. The number of imidazole rings is 1. The van der Waals surface area contributed by atoms with Gasteiger partial charge in [0, 0.05) is 35.1 Å². The van der Waals surface area contributed by atoms with E-state index in [0.717, 1.165) is 22.8 Å². The van der Waals surface area contributed by atoms with Crippen molar-refractivity contribution >= 4 is 17.2 Å². The summed E-state index contributed by atoms with van der Waals surface area (Å²) in [4.78, 5) is 22.3. The predicted octanol–water partition coefficient (Wildman–Crippen LogP) is 3.22. The van der Waals surface area contributed by atoms with Crippen molar-refractivity contribution in [2.75, 3.05) is 6.54 Å². The van der Waals surface area contributed by atoms with Crippen LogP contribution in [0.3, 0.4) is 0 Å². The van der Waals surface area contributed by atoms with E-state index in [4.69, 9.17) is 4.74 Å². The molecule has 0 radical (unpaired) electrons. The summed E-state index contributed by atoms with van der Waals surface area (Å²) >= 11 is 1.59. The Kier molecular flexibility index (Phi) is 3.75. The third-order valence-electron chi connectivity index (χ3n) is 4.91. The number of nitro groups is 1. The van der Waals surface area contributed by atoms with Crippen LogP contribution >= 0.6 is 11.3 Å². The Bertz CT molecular complexity index is 1050. The van der Waals surface area contributed by atoms with Crippen LogP contribution < -0.4 is 4.74 Å². The zero-order chi connectivity index (χ0) is 19.5. The molecule has 4 heterocycles. The first-order chi connectivity index (χ1) is 13.4. The first kappa shape index (κ1) is 17.3. The molecule has 3 aromatic rings. The molecule has 5 rings (SSSR count). The molecule has 0 saturated carbocycles. The topological polar surface area (TPSA) is 86.3 Å². The summed E-state index contributed by atoms with van der Waals surface area (Å²) in [5.41, 5.74) is 1.31. The molecule has 1 aromatic carbocycles. The Morgan fingerprint density at radius 3 is 2.96 bits per heavy atom. The van der Waals surface area contributed by atoms with Crippen molar-refractivity contribution in [1.82, 2.24) is 19.4 Å². The number of hydrogen-bond donors (Lipinski definition) is 0. The van der Waals surface area contributed by atoms with Crippen LogP contribution in [0, 0.1) is 15.9 Å². The molecule has 0 unspecified atom stereocenters. The van der Waals surface area contributed by atoms with Crippen molar-refractivity contribution in [3.63, 3.8) is 0 Å². The van der Waals surface area contributed by atoms with E-state index in [0.29, 0.717) is 19.6 Å². The van der Waals surface area contributed by atoms with E-state index < -0.39 is 10.5 Å². The quantitative estimate of drug-likeness (QED) is 0.493. The van der Waals surface area contributed by atoms with Crippen LogP contribution in [0.15, 0.2) is 30.5 Å². The average molecular weight is 401 g/mol. The van der Waals surface area contributed by atoms with Crippen LogP contribution in [0.25, 0.3) is 10.6 Å². The van der Waals surface area contributed by atoms with Gasteiger partial charge in [-0.2, -0.15) is 0 Å². The highest BCUT2D eigenvalue weighted by molar-refractivity contribution is 7.15. The van der Waals surface area contributed by atoms with Crippen molar-refractivity contribution < 1.29 is 14.1 Å². The van der Waals surface area contributed by atoms with E-state index >= 15 is 0 Å². The number of thiazole rings is 1. The number of halogens is 1. The van der Waals surface area contributed by atoms with Crippen molar-refractivity contribution in [3.05, 3.63) is 57.0 Å². The Labute approximate surface area is 163 Å². The zero-order valence-corrected chi connectivity index (χ0v) is 15.8. The summed E-state index contributed by atoms with van der Waals surface area (Å²) < 4.78 is 21.1. The molecule has 10 heteroatoms. The molecule has 2 aromatic heterocycles. The van der Waals surface area contributed by atoms with Gasteiger partial charge in [0.25, 0.3) is 0 Å². The van der Waals surface area contributed by atoms with Crippen molar-refractivity contribution in [1.29, 1.82) is 0 Å². The van der Waals surface area contributed by atoms with Gasteiger partial charge in [0.05, 0.1) is 12.2 Å². The molecule has 0 fully saturated rings. The van der Waals surface area contributed by atoms with Gasteiger partial charge < -0.3 is 14.9 Å². The van der Waals surface area contributed by atoms with Gasteiger partial charge in [0.1, 0.15) is 22.6 Å². The molecule has 1 atom stereocenters. The smallest absolute Gasteiger partial charge is 0.415 e. The van der Waals surface area contributed by atoms with Gasteiger partial charge in [-0.1, -0.05) is 12.1 Å². The van der Waals surface area contributed by atoms with Crippen LogP contribution in [0.1, 0.15) is 17.5 Å². The minimum atomic E-state index is -0.521. The highest BCUT2D eigenvalue weighted by Gasteiger charge is 2.42. The molecule has 0 aliphatic carbocycles. The minimum Gasteiger partial charge on any atom is -0.436 e. The Balaban J connectivity index is 1.27.